The van der Waals surface area contributed by atoms with Crippen molar-refractivity contribution >= 4 is 27.6 Å². The Balaban J connectivity index is 1.59. The highest BCUT2D eigenvalue weighted by atomic mass is 32.1. The van der Waals surface area contributed by atoms with E-state index in [1.807, 2.05) is 20.8 Å². The van der Waals surface area contributed by atoms with Gasteiger partial charge in [0, 0.05) is 12.1 Å². The van der Waals surface area contributed by atoms with Crippen LogP contribution in [-0.2, 0) is 11.3 Å². The zero-order chi connectivity index (χ0) is 18.9. The summed E-state index contributed by atoms with van der Waals surface area (Å²) >= 11 is 1.61. The van der Waals surface area contributed by atoms with E-state index in [1.54, 1.807) is 11.3 Å². The van der Waals surface area contributed by atoms with E-state index in [9.17, 15) is 4.79 Å². The second kappa shape index (κ2) is 7.53. The number of fused-ring (bicyclic) bond motifs is 1. The lowest BCUT2D eigenvalue weighted by molar-refractivity contribution is 0.131. The maximum Gasteiger partial charge on any atom is 0.407 e. The average Bonchev–Trinajstić information content (AvgIpc) is 2.88. The van der Waals surface area contributed by atoms with Gasteiger partial charge in [-0.2, -0.15) is 0 Å². The number of hydrogen-bond donors (Lipinski definition) is 1. The van der Waals surface area contributed by atoms with Gasteiger partial charge in [-0.05, 0) is 77.2 Å². The van der Waals surface area contributed by atoms with Crippen LogP contribution in [0.4, 0.5) is 4.79 Å². The van der Waals surface area contributed by atoms with Crippen molar-refractivity contribution in [3.8, 4) is 0 Å². The van der Waals surface area contributed by atoms with Gasteiger partial charge in [0.1, 0.15) is 11.6 Å². The van der Waals surface area contributed by atoms with Crippen molar-refractivity contribution in [2.75, 3.05) is 20.6 Å². The molecule has 1 heterocycles. The summed E-state index contributed by atoms with van der Waals surface area (Å²) in [5.41, 5.74) is 2.10. The SMILES string of the molecule is CN(C)CC1CC(c2ccc3nc(COC(=O)NC(C)(C)C)sc3c2)C1. The predicted octanol–water partition coefficient (Wildman–Crippen LogP) is 4.38. The molecule has 1 fully saturated rings. The summed E-state index contributed by atoms with van der Waals surface area (Å²) in [5, 5.41) is 3.63. The van der Waals surface area contributed by atoms with Crippen LogP contribution in [0.5, 0.6) is 0 Å². The zero-order valence-corrected chi connectivity index (χ0v) is 17.2. The summed E-state index contributed by atoms with van der Waals surface area (Å²) < 4.78 is 6.46. The minimum Gasteiger partial charge on any atom is -0.442 e. The standard InChI is InChI=1S/C20H29N3O2S/c1-20(2,3)22-19(24)25-12-18-21-16-7-6-14(10-17(16)26-18)15-8-13(9-15)11-23(4)5/h6-7,10,13,15H,8-9,11-12H2,1-5H3,(H,22,24). The van der Waals surface area contributed by atoms with Crippen LogP contribution in [-0.4, -0.2) is 42.2 Å². The molecule has 2 aromatic rings. The molecule has 26 heavy (non-hydrogen) atoms. The number of nitrogens with one attached hydrogen (secondary N) is 1. The highest BCUT2D eigenvalue weighted by molar-refractivity contribution is 7.18. The molecule has 1 N–H and O–H groups in total. The van der Waals surface area contributed by atoms with E-state index in [4.69, 9.17) is 4.74 Å². The van der Waals surface area contributed by atoms with Gasteiger partial charge in [0.2, 0.25) is 0 Å². The number of thiazole rings is 1. The van der Waals surface area contributed by atoms with Gasteiger partial charge in [-0.25, -0.2) is 9.78 Å². The molecular weight excluding hydrogens is 346 g/mol. The number of carbonyl (C=O) groups excluding carboxylic acids is 1. The van der Waals surface area contributed by atoms with E-state index in [1.165, 1.54) is 29.6 Å². The fourth-order valence-electron chi connectivity index (χ4n) is 3.45. The van der Waals surface area contributed by atoms with Gasteiger partial charge in [0.15, 0.2) is 0 Å². The van der Waals surface area contributed by atoms with Crippen LogP contribution in [0, 0.1) is 5.92 Å². The second-order valence-corrected chi connectivity index (χ2v) is 9.70. The summed E-state index contributed by atoms with van der Waals surface area (Å²) in [5.74, 6) is 1.49. The van der Waals surface area contributed by atoms with Crippen LogP contribution in [0.25, 0.3) is 10.2 Å². The zero-order valence-electron chi connectivity index (χ0n) is 16.3. The number of aromatic nitrogens is 1. The predicted molar refractivity (Wildman–Crippen MR) is 107 cm³/mol. The number of ether oxygens (including phenoxy) is 1. The van der Waals surface area contributed by atoms with Gasteiger partial charge in [0.05, 0.1) is 10.2 Å². The molecule has 5 nitrogen and oxygen atoms in total. The van der Waals surface area contributed by atoms with Crippen LogP contribution >= 0.6 is 11.3 Å². The molecule has 0 unspecified atom stereocenters. The third-order valence-electron chi connectivity index (χ3n) is 4.59. The highest BCUT2D eigenvalue weighted by Crippen LogP contribution is 2.42. The first-order chi connectivity index (χ1) is 12.2. The molecule has 0 atom stereocenters. The Labute approximate surface area is 159 Å². The summed E-state index contributed by atoms with van der Waals surface area (Å²) in [6.45, 7) is 7.17. The van der Waals surface area contributed by atoms with Crippen molar-refractivity contribution in [1.29, 1.82) is 0 Å². The van der Waals surface area contributed by atoms with Gasteiger partial charge in [-0.3, -0.25) is 0 Å². The lowest BCUT2D eigenvalue weighted by Gasteiger charge is -2.37. The first-order valence-corrected chi connectivity index (χ1v) is 10.0. The topological polar surface area (TPSA) is 54.5 Å². The molecule has 0 spiro atoms. The Bertz CT molecular complexity index is 773. The molecule has 1 amide bonds. The summed E-state index contributed by atoms with van der Waals surface area (Å²) in [7, 11) is 4.28. The molecule has 1 aromatic carbocycles. The van der Waals surface area contributed by atoms with Gasteiger partial charge in [-0.1, -0.05) is 6.07 Å². The molecule has 1 saturated carbocycles. The Kier molecular flexibility index (Phi) is 5.53. The van der Waals surface area contributed by atoms with Gasteiger partial charge < -0.3 is 15.0 Å². The van der Waals surface area contributed by atoms with E-state index in [2.05, 4.69) is 47.5 Å². The van der Waals surface area contributed by atoms with E-state index in [0.29, 0.717) is 5.92 Å². The first kappa shape index (κ1) is 19.1. The number of amides is 1. The maximum atomic E-state index is 11.8. The van der Waals surface area contributed by atoms with Crippen LogP contribution in [0.1, 0.15) is 50.1 Å². The molecule has 142 valence electrons. The largest absolute Gasteiger partial charge is 0.442 e. The van der Waals surface area contributed by atoms with E-state index < -0.39 is 6.09 Å². The molecule has 1 aromatic heterocycles. The second-order valence-electron chi connectivity index (χ2n) is 8.58. The Hall–Kier alpha value is -1.66. The minimum atomic E-state index is -0.404. The van der Waals surface area contributed by atoms with Crippen molar-refractivity contribution in [2.24, 2.45) is 5.92 Å². The molecule has 0 radical (unpaired) electrons. The Morgan fingerprint density at radius 1 is 1.35 bits per heavy atom. The number of benzene rings is 1. The molecule has 1 aliphatic carbocycles. The van der Waals surface area contributed by atoms with E-state index >= 15 is 0 Å². The summed E-state index contributed by atoms with van der Waals surface area (Å²) in [6, 6.07) is 6.57. The van der Waals surface area contributed by atoms with Crippen LogP contribution in [0.3, 0.4) is 0 Å². The van der Waals surface area contributed by atoms with Crippen molar-refractivity contribution < 1.29 is 9.53 Å². The molecule has 1 aliphatic rings. The third kappa shape index (κ3) is 4.95. The number of alkyl carbamates (subject to hydrolysis) is 1. The van der Waals surface area contributed by atoms with Crippen LogP contribution < -0.4 is 5.32 Å². The molecule has 3 rings (SSSR count). The minimum absolute atomic E-state index is 0.213. The Morgan fingerprint density at radius 2 is 2.08 bits per heavy atom. The number of hydrogen-bond acceptors (Lipinski definition) is 5. The monoisotopic (exact) mass is 375 g/mol. The fraction of sp³-hybridized carbons (Fsp3) is 0.600. The van der Waals surface area contributed by atoms with Crippen LogP contribution in [0.2, 0.25) is 0 Å². The lowest BCUT2D eigenvalue weighted by atomic mass is 9.71. The van der Waals surface area contributed by atoms with Crippen LogP contribution in [0.15, 0.2) is 18.2 Å². The highest BCUT2D eigenvalue weighted by Gasteiger charge is 2.30. The maximum absolute atomic E-state index is 11.8. The molecular formula is C20H29N3O2S. The third-order valence-corrected chi connectivity index (χ3v) is 5.58. The summed E-state index contributed by atoms with van der Waals surface area (Å²) in [6.07, 6.45) is 2.13. The first-order valence-electron chi connectivity index (χ1n) is 9.18. The van der Waals surface area contributed by atoms with Gasteiger partial charge in [0.25, 0.3) is 0 Å². The smallest absolute Gasteiger partial charge is 0.407 e. The van der Waals surface area contributed by atoms with Crippen molar-refractivity contribution in [3.63, 3.8) is 0 Å². The van der Waals surface area contributed by atoms with Crippen molar-refractivity contribution in [3.05, 3.63) is 28.8 Å². The Morgan fingerprint density at radius 3 is 2.73 bits per heavy atom. The van der Waals surface area contributed by atoms with Crippen molar-refractivity contribution in [1.82, 2.24) is 15.2 Å². The van der Waals surface area contributed by atoms with Gasteiger partial charge in [-0.15, -0.1) is 11.3 Å². The molecule has 0 bridgehead atoms. The summed E-state index contributed by atoms with van der Waals surface area (Å²) in [4.78, 5) is 18.6. The number of carbonyl (C=O) groups is 1. The fourth-order valence-corrected chi connectivity index (χ4v) is 4.38. The normalized spacial score (nSPS) is 20.2. The molecule has 6 heteroatoms. The number of rotatable bonds is 5. The van der Waals surface area contributed by atoms with E-state index in [-0.39, 0.29) is 12.1 Å². The number of nitrogens with zero attached hydrogens (tertiary/aromatic N) is 2. The average molecular weight is 376 g/mol. The van der Waals surface area contributed by atoms with Gasteiger partial charge >= 0.3 is 6.09 Å². The quantitative estimate of drug-likeness (QED) is 0.843. The molecule has 0 aliphatic heterocycles. The van der Waals surface area contributed by atoms with Crippen molar-refractivity contribution in [2.45, 2.75) is 51.7 Å². The van der Waals surface area contributed by atoms with E-state index in [0.717, 1.165) is 16.4 Å². The molecule has 0 saturated heterocycles. The lowest BCUT2D eigenvalue weighted by Crippen LogP contribution is -2.40.